The van der Waals surface area contributed by atoms with Crippen molar-refractivity contribution in [3.8, 4) is 5.75 Å². The lowest BCUT2D eigenvalue weighted by Gasteiger charge is -2.26. The van der Waals surface area contributed by atoms with Gasteiger partial charge < -0.3 is 36.9 Å². The average Bonchev–Trinajstić information content (AvgIpc) is 3.38. The number of carboxylic acids is 1. The van der Waals surface area contributed by atoms with Crippen LogP contribution in [0, 0.1) is 5.92 Å². The maximum atomic E-state index is 13.2. The number of nitrogens with two attached hydrogens (primary N) is 1. The Morgan fingerprint density at radius 2 is 1.65 bits per heavy atom. The van der Waals surface area contributed by atoms with Gasteiger partial charge in [-0.25, -0.2) is 9.78 Å². The quantitative estimate of drug-likeness (QED) is 0.152. The molecule has 2 aromatic rings. The summed E-state index contributed by atoms with van der Waals surface area (Å²) in [5, 5.41) is 26.6. The fourth-order valence-electron chi connectivity index (χ4n) is 3.49. The molecule has 5 unspecified atom stereocenters. The Balaban J connectivity index is 2.16. The van der Waals surface area contributed by atoms with Crippen molar-refractivity contribution in [2.75, 3.05) is 5.75 Å². The summed E-state index contributed by atoms with van der Waals surface area (Å²) in [4.78, 5) is 57.1. The third kappa shape index (κ3) is 9.10. The van der Waals surface area contributed by atoms with Crippen LogP contribution in [-0.2, 0) is 32.0 Å². The minimum atomic E-state index is -1.18. The Labute approximate surface area is 220 Å². The molecule has 0 saturated carbocycles. The molecule has 0 spiro atoms. The lowest BCUT2D eigenvalue weighted by molar-refractivity contribution is -0.143. The Morgan fingerprint density at radius 3 is 2.19 bits per heavy atom. The molecule has 0 aliphatic carbocycles. The molecule has 0 aliphatic heterocycles. The molecule has 0 fully saturated rings. The second-order valence-corrected chi connectivity index (χ2v) is 9.14. The monoisotopic (exact) mass is 534 g/mol. The van der Waals surface area contributed by atoms with Gasteiger partial charge in [-0.3, -0.25) is 14.4 Å². The van der Waals surface area contributed by atoms with Crippen LogP contribution in [0.15, 0.2) is 36.8 Å². The van der Waals surface area contributed by atoms with Crippen LogP contribution < -0.4 is 21.7 Å². The first-order valence-corrected chi connectivity index (χ1v) is 12.4. The van der Waals surface area contributed by atoms with Crippen LogP contribution in [0.2, 0.25) is 0 Å². The van der Waals surface area contributed by atoms with Crippen molar-refractivity contribution in [1.29, 1.82) is 0 Å². The van der Waals surface area contributed by atoms with E-state index in [0.717, 1.165) is 0 Å². The van der Waals surface area contributed by atoms with Gasteiger partial charge in [-0.2, -0.15) is 12.6 Å². The summed E-state index contributed by atoms with van der Waals surface area (Å²) in [6.07, 6.45) is 3.72. The highest BCUT2D eigenvalue weighted by atomic mass is 32.1. The molecule has 8 N–H and O–H groups in total. The zero-order chi connectivity index (χ0) is 27.5. The number of carbonyl (C=O) groups is 4. The van der Waals surface area contributed by atoms with E-state index in [1.165, 1.54) is 24.7 Å². The van der Waals surface area contributed by atoms with Gasteiger partial charge in [0.2, 0.25) is 17.7 Å². The highest BCUT2D eigenvalue weighted by Crippen LogP contribution is 2.12. The van der Waals surface area contributed by atoms with Crippen LogP contribution >= 0.6 is 12.6 Å². The van der Waals surface area contributed by atoms with Crippen molar-refractivity contribution in [2.24, 2.45) is 11.7 Å². The smallest absolute Gasteiger partial charge is 0.326 e. The normalized spacial score (nSPS) is 15.0. The van der Waals surface area contributed by atoms with E-state index in [1.807, 2.05) is 0 Å². The molecule has 202 valence electrons. The molecule has 0 bridgehead atoms. The van der Waals surface area contributed by atoms with Crippen molar-refractivity contribution in [3.05, 3.63) is 48.0 Å². The van der Waals surface area contributed by atoms with E-state index in [2.05, 4.69) is 38.5 Å². The van der Waals surface area contributed by atoms with Crippen LogP contribution in [0.1, 0.15) is 31.5 Å². The summed E-state index contributed by atoms with van der Waals surface area (Å²) < 4.78 is 0. The lowest BCUT2D eigenvalue weighted by Crippen LogP contribution is -2.58. The van der Waals surface area contributed by atoms with Gasteiger partial charge in [0.25, 0.3) is 0 Å². The van der Waals surface area contributed by atoms with Crippen LogP contribution in [0.3, 0.4) is 0 Å². The largest absolute Gasteiger partial charge is 0.508 e. The van der Waals surface area contributed by atoms with Gasteiger partial charge in [-0.1, -0.05) is 32.4 Å². The summed E-state index contributed by atoms with van der Waals surface area (Å²) in [6, 6.07) is 1.69. The molecular weight excluding hydrogens is 500 g/mol. The van der Waals surface area contributed by atoms with E-state index in [1.54, 1.807) is 26.0 Å². The number of phenols is 1. The van der Waals surface area contributed by atoms with Gasteiger partial charge in [0.15, 0.2) is 0 Å². The number of aromatic hydroxyl groups is 1. The summed E-state index contributed by atoms with van der Waals surface area (Å²) in [7, 11) is 0. The van der Waals surface area contributed by atoms with Crippen molar-refractivity contribution >= 4 is 36.3 Å². The number of imidazole rings is 1. The van der Waals surface area contributed by atoms with E-state index in [4.69, 9.17) is 5.73 Å². The molecule has 0 aliphatic rings. The summed E-state index contributed by atoms with van der Waals surface area (Å²) in [5.74, 6) is -3.57. The molecule has 5 atom stereocenters. The number of aromatic nitrogens is 2. The van der Waals surface area contributed by atoms with Crippen LogP contribution in [-0.4, -0.2) is 73.8 Å². The van der Waals surface area contributed by atoms with Gasteiger partial charge in [0.05, 0.1) is 12.4 Å². The Kier molecular flexibility index (Phi) is 11.4. The molecule has 0 radical (unpaired) electrons. The molecule has 1 heterocycles. The van der Waals surface area contributed by atoms with Crippen molar-refractivity contribution in [1.82, 2.24) is 25.9 Å². The number of carbonyl (C=O) groups excluding carboxylic acids is 3. The molecule has 37 heavy (non-hydrogen) atoms. The van der Waals surface area contributed by atoms with Crippen LogP contribution in [0.25, 0.3) is 0 Å². The molecular formula is C24H34N6O6S. The Bertz CT molecular complexity index is 1050. The van der Waals surface area contributed by atoms with E-state index < -0.39 is 47.9 Å². The highest BCUT2D eigenvalue weighted by Gasteiger charge is 2.31. The second-order valence-electron chi connectivity index (χ2n) is 8.77. The number of aromatic amines is 1. The van der Waals surface area contributed by atoms with Gasteiger partial charge in [0, 0.05) is 30.5 Å². The summed E-state index contributed by atoms with van der Waals surface area (Å²) in [5.41, 5.74) is 7.29. The first kappa shape index (κ1) is 29.6. The number of rotatable bonds is 14. The molecule has 12 nitrogen and oxygen atoms in total. The zero-order valence-corrected chi connectivity index (χ0v) is 21.6. The number of hydrogen-bond acceptors (Lipinski definition) is 8. The number of phenolic OH excluding ortho intramolecular Hbond substituents is 1. The number of benzene rings is 1. The lowest BCUT2D eigenvalue weighted by atomic mass is 9.99. The van der Waals surface area contributed by atoms with E-state index in [0.29, 0.717) is 17.7 Å². The summed E-state index contributed by atoms with van der Waals surface area (Å²) in [6.45, 7) is 3.50. The van der Waals surface area contributed by atoms with Gasteiger partial charge >= 0.3 is 5.97 Å². The van der Waals surface area contributed by atoms with E-state index >= 15 is 0 Å². The molecule has 3 amide bonds. The fourth-order valence-corrected chi connectivity index (χ4v) is 3.74. The number of hydrogen-bond donors (Lipinski definition) is 8. The highest BCUT2D eigenvalue weighted by molar-refractivity contribution is 7.80. The van der Waals surface area contributed by atoms with Gasteiger partial charge in [-0.05, 0) is 23.6 Å². The second kappa shape index (κ2) is 14.2. The molecule has 2 rings (SSSR count). The van der Waals surface area contributed by atoms with Crippen LogP contribution in [0.4, 0.5) is 0 Å². The first-order chi connectivity index (χ1) is 17.5. The Morgan fingerprint density at radius 1 is 1.03 bits per heavy atom. The number of H-pyrrole nitrogens is 1. The predicted molar refractivity (Wildman–Crippen MR) is 139 cm³/mol. The van der Waals surface area contributed by atoms with Gasteiger partial charge in [0.1, 0.15) is 23.9 Å². The minimum Gasteiger partial charge on any atom is -0.508 e. The molecule has 1 aromatic heterocycles. The fraction of sp³-hybridized carbons (Fsp3) is 0.458. The van der Waals surface area contributed by atoms with Crippen molar-refractivity contribution < 1.29 is 29.4 Å². The van der Waals surface area contributed by atoms with E-state index in [-0.39, 0.29) is 30.3 Å². The molecule has 13 heteroatoms. The van der Waals surface area contributed by atoms with Gasteiger partial charge in [-0.15, -0.1) is 0 Å². The molecule has 0 saturated heterocycles. The third-order valence-corrected chi connectivity index (χ3v) is 6.30. The first-order valence-electron chi connectivity index (χ1n) is 11.8. The van der Waals surface area contributed by atoms with Crippen molar-refractivity contribution in [3.63, 3.8) is 0 Å². The standard InChI is InChI=1S/C24H34N6O6S/c1-3-13(2)20(24(35)36)30-23(34)19(11-37)29-22(33)18(8-14-4-6-16(31)7-5-14)28-21(32)17(25)9-15-10-26-12-27-15/h4-7,10,12-13,17-20,31,37H,3,8-9,11,25H2,1-2H3,(H,26,27)(H,28,32)(H,29,33)(H,30,34)(H,35,36). The number of nitrogens with zero attached hydrogens (tertiary/aromatic N) is 1. The number of carboxylic acid groups (broad SMARTS) is 1. The molecule has 1 aromatic carbocycles. The number of nitrogens with one attached hydrogen (secondary N) is 4. The third-order valence-electron chi connectivity index (χ3n) is 5.93. The maximum Gasteiger partial charge on any atom is 0.326 e. The van der Waals surface area contributed by atoms with Crippen molar-refractivity contribution in [2.45, 2.75) is 57.3 Å². The number of aliphatic carboxylic acids is 1. The maximum absolute atomic E-state index is 13.2. The SMILES string of the molecule is CCC(C)C(NC(=O)C(CS)NC(=O)C(Cc1ccc(O)cc1)NC(=O)C(N)Cc1cnc[nH]1)C(=O)O. The topological polar surface area (TPSA) is 200 Å². The summed E-state index contributed by atoms with van der Waals surface area (Å²) >= 11 is 4.14. The van der Waals surface area contributed by atoms with E-state index in [9.17, 15) is 29.4 Å². The minimum absolute atomic E-state index is 0.0384. The zero-order valence-electron chi connectivity index (χ0n) is 20.7. The Hall–Kier alpha value is -3.58. The average molecular weight is 535 g/mol. The number of thiol groups is 1. The predicted octanol–water partition coefficient (Wildman–Crippen LogP) is -0.257. The van der Waals surface area contributed by atoms with Crippen LogP contribution in [0.5, 0.6) is 5.75 Å². The number of amides is 3.